The second-order valence-corrected chi connectivity index (χ2v) is 4.69. The lowest BCUT2D eigenvalue weighted by Crippen LogP contribution is -2.12. The Hall–Kier alpha value is -0.960. The predicted molar refractivity (Wildman–Crippen MR) is 71.7 cm³/mol. The molecule has 1 rings (SSSR count). The minimum Gasteiger partial charge on any atom is -0.323 e. The van der Waals surface area contributed by atoms with Gasteiger partial charge in [0.1, 0.15) is 5.82 Å². The van der Waals surface area contributed by atoms with Gasteiger partial charge in [-0.1, -0.05) is 45.4 Å². The molecule has 0 fully saturated rings. The molecule has 0 aromatic carbocycles. The van der Waals surface area contributed by atoms with Gasteiger partial charge in [-0.05, 0) is 19.4 Å². The van der Waals surface area contributed by atoms with E-state index in [1.54, 1.807) is 6.20 Å². The van der Waals surface area contributed by atoms with E-state index < -0.39 is 0 Å². The number of hydrogen-bond acceptors (Lipinski definition) is 3. The first-order chi connectivity index (χ1) is 8.24. The van der Waals surface area contributed by atoms with Crippen LogP contribution in [-0.4, -0.2) is 9.97 Å². The summed E-state index contributed by atoms with van der Waals surface area (Å²) in [5.41, 5.74) is 7.09. The highest BCUT2D eigenvalue weighted by atomic mass is 14.9. The Labute approximate surface area is 105 Å². The molecule has 96 valence electrons. The molecule has 0 radical (unpaired) electrons. The standard InChI is InChI=1S/C14H25N3/c1-3-4-5-6-7-8-9-13(15)14-10-11-16-12(2)17-14/h10-11,13H,3-9,15H2,1-2H3. The Morgan fingerprint density at radius 3 is 2.59 bits per heavy atom. The summed E-state index contributed by atoms with van der Waals surface area (Å²) >= 11 is 0. The van der Waals surface area contributed by atoms with Crippen molar-refractivity contribution in [3.63, 3.8) is 0 Å². The second-order valence-electron chi connectivity index (χ2n) is 4.69. The zero-order valence-corrected chi connectivity index (χ0v) is 11.2. The van der Waals surface area contributed by atoms with Crippen molar-refractivity contribution >= 4 is 0 Å². The Bertz CT molecular complexity index is 312. The molecule has 1 aromatic heterocycles. The molecule has 1 aromatic rings. The number of aryl methyl sites for hydroxylation is 1. The molecule has 0 aliphatic carbocycles. The third-order valence-electron chi connectivity index (χ3n) is 3.05. The molecule has 0 amide bonds. The van der Waals surface area contributed by atoms with E-state index in [9.17, 15) is 0 Å². The van der Waals surface area contributed by atoms with E-state index in [2.05, 4.69) is 16.9 Å². The average Bonchev–Trinajstić information content (AvgIpc) is 2.33. The highest BCUT2D eigenvalue weighted by Gasteiger charge is 2.07. The zero-order chi connectivity index (χ0) is 12.5. The molecule has 0 bridgehead atoms. The number of rotatable bonds is 8. The van der Waals surface area contributed by atoms with Gasteiger partial charge < -0.3 is 5.73 Å². The van der Waals surface area contributed by atoms with Crippen LogP contribution in [0.4, 0.5) is 0 Å². The average molecular weight is 235 g/mol. The van der Waals surface area contributed by atoms with Gasteiger partial charge >= 0.3 is 0 Å². The fraction of sp³-hybridized carbons (Fsp3) is 0.714. The second kappa shape index (κ2) is 8.18. The van der Waals surface area contributed by atoms with Crippen molar-refractivity contribution in [1.82, 2.24) is 9.97 Å². The van der Waals surface area contributed by atoms with E-state index in [-0.39, 0.29) is 6.04 Å². The summed E-state index contributed by atoms with van der Waals surface area (Å²) in [6, 6.07) is 2.00. The summed E-state index contributed by atoms with van der Waals surface area (Å²) in [5.74, 6) is 0.806. The van der Waals surface area contributed by atoms with Crippen LogP contribution in [0.25, 0.3) is 0 Å². The first kappa shape index (κ1) is 14.1. The van der Waals surface area contributed by atoms with Crippen LogP contribution in [0.3, 0.4) is 0 Å². The van der Waals surface area contributed by atoms with E-state index in [0.717, 1.165) is 17.9 Å². The molecule has 1 atom stereocenters. The zero-order valence-electron chi connectivity index (χ0n) is 11.2. The Kier molecular flexibility index (Phi) is 6.78. The van der Waals surface area contributed by atoms with E-state index in [1.165, 1.54) is 38.5 Å². The fourth-order valence-electron chi connectivity index (χ4n) is 1.97. The van der Waals surface area contributed by atoms with E-state index in [1.807, 2.05) is 13.0 Å². The summed E-state index contributed by atoms with van der Waals surface area (Å²) in [4.78, 5) is 8.45. The lowest BCUT2D eigenvalue weighted by atomic mass is 10.0. The third-order valence-corrected chi connectivity index (χ3v) is 3.05. The van der Waals surface area contributed by atoms with Gasteiger partial charge in [0.25, 0.3) is 0 Å². The maximum absolute atomic E-state index is 6.11. The van der Waals surface area contributed by atoms with Gasteiger partial charge in [-0.2, -0.15) is 0 Å². The largest absolute Gasteiger partial charge is 0.323 e. The molecule has 0 saturated heterocycles. The highest BCUT2D eigenvalue weighted by Crippen LogP contribution is 2.16. The van der Waals surface area contributed by atoms with Crippen LogP contribution in [0.1, 0.15) is 69.4 Å². The van der Waals surface area contributed by atoms with Gasteiger partial charge in [-0.3, -0.25) is 0 Å². The molecule has 17 heavy (non-hydrogen) atoms. The number of aromatic nitrogens is 2. The number of nitrogens with two attached hydrogens (primary N) is 1. The Balaban J connectivity index is 2.19. The van der Waals surface area contributed by atoms with Crippen LogP contribution < -0.4 is 5.73 Å². The summed E-state index contributed by atoms with van der Waals surface area (Å²) in [5, 5.41) is 0. The smallest absolute Gasteiger partial charge is 0.125 e. The summed E-state index contributed by atoms with van der Waals surface area (Å²) in [6.07, 6.45) is 10.7. The molecule has 2 N–H and O–H groups in total. The topological polar surface area (TPSA) is 51.8 Å². The maximum atomic E-state index is 6.11. The molecular weight excluding hydrogens is 210 g/mol. The lowest BCUT2D eigenvalue weighted by Gasteiger charge is -2.10. The molecule has 0 spiro atoms. The van der Waals surface area contributed by atoms with Crippen molar-refractivity contribution in [1.29, 1.82) is 0 Å². The van der Waals surface area contributed by atoms with Crippen molar-refractivity contribution < 1.29 is 0 Å². The summed E-state index contributed by atoms with van der Waals surface area (Å²) < 4.78 is 0. The number of hydrogen-bond donors (Lipinski definition) is 1. The SMILES string of the molecule is CCCCCCCCC(N)c1ccnc(C)n1. The van der Waals surface area contributed by atoms with Crippen LogP contribution in [0.15, 0.2) is 12.3 Å². The van der Waals surface area contributed by atoms with Crippen LogP contribution >= 0.6 is 0 Å². The lowest BCUT2D eigenvalue weighted by molar-refractivity contribution is 0.539. The number of unbranched alkanes of at least 4 members (excludes halogenated alkanes) is 5. The Morgan fingerprint density at radius 1 is 1.18 bits per heavy atom. The van der Waals surface area contributed by atoms with Gasteiger partial charge in [0, 0.05) is 12.2 Å². The monoisotopic (exact) mass is 235 g/mol. The molecule has 3 heteroatoms. The first-order valence-electron chi connectivity index (χ1n) is 6.79. The predicted octanol–water partition coefficient (Wildman–Crippen LogP) is 3.54. The molecule has 1 unspecified atom stereocenters. The summed E-state index contributed by atoms with van der Waals surface area (Å²) in [7, 11) is 0. The maximum Gasteiger partial charge on any atom is 0.125 e. The van der Waals surface area contributed by atoms with Crippen LogP contribution in [0.2, 0.25) is 0 Å². The third kappa shape index (κ3) is 5.78. The number of nitrogens with zero attached hydrogens (tertiary/aromatic N) is 2. The molecular formula is C14H25N3. The quantitative estimate of drug-likeness (QED) is 0.701. The van der Waals surface area contributed by atoms with Gasteiger partial charge in [0.2, 0.25) is 0 Å². The molecule has 1 heterocycles. The minimum atomic E-state index is 0.0721. The van der Waals surface area contributed by atoms with Gasteiger partial charge in [-0.25, -0.2) is 9.97 Å². The highest BCUT2D eigenvalue weighted by molar-refractivity contribution is 5.06. The van der Waals surface area contributed by atoms with Crippen molar-refractivity contribution in [2.24, 2.45) is 5.73 Å². The first-order valence-corrected chi connectivity index (χ1v) is 6.79. The van der Waals surface area contributed by atoms with E-state index in [4.69, 9.17) is 5.73 Å². The van der Waals surface area contributed by atoms with Crippen LogP contribution in [0.5, 0.6) is 0 Å². The van der Waals surface area contributed by atoms with Crippen molar-refractivity contribution in [2.45, 2.75) is 64.8 Å². The van der Waals surface area contributed by atoms with Gasteiger partial charge in [0.05, 0.1) is 5.69 Å². The van der Waals surface area contributed by atoms with Crippen molar-refractivity contribution in [2.75, 3.05) is 0 Å². The van der Waals surface area contributed by atoms with E-state index in [0.29, 0.717) is 0 Å². The minimum absolute atomic E-state index is 0.0721. The van der Waals surface area contributed by atoms with Crippen LogP contribution in [0, 0.1) is 6.92 Å². The van der Waals surface area contributed by atoms with Gasteiger partial charge in [-0.15, -0.1) is 0 Å². The fourth-order valence-corrected chi connectivity index (χ4v) is 1.97. The Morgan fingerprint density at radius 2 is 1.88 bits per heavy atom. The normalized spacial score (nSPS) is 12.6. The van der Waals surface area contributed by atoms with Gasteiger partial charge in [0.15, 0.2) is 0 Å². The van der Waals surface area contributed by atoms with Crippen molar-refractivity contribution in [3.8, 4) is 0 Å². The molecule has 3 nitrogen and oxygen atoms in total. The molecule has 0 aliphatic rings. The summed E-state index contributed by atoms with van der Waals surface area (Å²) in [6.45, 7) is 4.15. The van der Waals surface area contributed by atoms with Crippen LogP contribution in [-0.2, 0) is 0 Å². The molecule has 0 saturated carbocycles. The van der Waals surface area contributed by atoms with E-state index >= 15 is 0 Å². The van der Waals surface area contributed by atoms with Crippen molar-refractivity contribution in [3.05, 3.63) is 23.8 Å². The molecule has 0 aliphatic heterocycles.